The first-order chi connectivity index (χ1) is 7.31. The van der Waals surface area contributed by atoms with Crippen molar-refractivity contribution in [2.75, 3.05) is 43.4 Å². The molecule has 0 aromatic heterocycles. The minimum Gasteiger partial charge on any atom is -0.388 e. The van der Waals surface area contributed by atoms with E-state index in [2.05, 4.69) is 40.7 Å². The minimum absolute atomic E-state index is 1.09. The van der Waals surface area contributed by atoms with E-state index in [1.165, 1.54) is 16.9 Å². The van der Waals surface area contributed by atoms with Crippen molar-refractivity contribution in [2.24, 2.45) is 0 Å². The highest BCUT2D eigenvalue weighted by atomic mass is 15.2. The average Bonchev–Trinajstić information content (AvgIpc) is 2.30. The van der Waals surface area contributed by atoms with Gasteiger partial charge >= 0.3 is 0 Å². The molecule has 1 aromatic carbocycles. The maximum absolute atomic E-state index is 3.37. The lowest BCUT2D eigenvalue weighted by molar-refractivity contribution is 0.588. The summed E-state index contributed by atoms with van der Waals surface area (Å²) in [5.74, 6) is 0. The van der Waals surface area contributed by atoms with Crippen LogP contribution in [0.2, 0.25) is 0 Å². The molecule has 82 valence electrons. The van der Waals surface area contributed by atoms with Gasteiger partial charge in [0.25, 0.3) is 0 Å². The summed E-state index contributed by atoms with van der Waals surface area (Å²) in [5, 5.41) is 6.54. The minimum atomic E-state index is 1.09. The van der Waals surface area contributed by atoms with Crippen molar-refractivity contribution in [3.63, 3.8) is 0 Å². The van der Waals surface area contributed by atoms with Crippen molar-refractivity contribution in [3.8, 4) is 0 Å². The smallest absolute Gasteiger partial charge is 0.0398 e. The zero-order valence-corrected chi connectivity index (χ0v) is 9.51. The summed E-state index contributed by atoms with van der Waals surface area (Å²) in [6.07, 6.45) is 0. The molecule has 1 aliphatic rings. The summed E-state index contributed by atoms with van der Waals surface area (Å²) < 4.78 is 0. The van der Waals surface area contributed by atoms with E-state index in [0.717, 1.165) is 26.2 Å². The fraction of sp³-hybridized carbons (Fsp3) is 0.500. The predicted octanol–water partition coefficient (Wildman–Crippen LogP) is 1.45. The Bertz CT molecular complexity index is 330. The van der Waals surface area contributed by atoms with Crippen LogP contribution in [0, 0.1) is 6.92 Å². The van der Waals surface area contributed by atoms with Gasteiger partial charge in [-0.25, -0.2) is 0 Å². The summed E-state index contributed by atoms with van der Waals surface area (Å²) in [7, 11) is 1.96. The molecule has 1 aliphatic heterocycles. The SMILES string of the molecule is CNc1ccc(N2CCNCC2)c(C)c1. The van der Waals surface area contributed by atoms with Crippen LogP contribution in [0.15, 0.2) is 18.2 Å². The quantitative estimate of drug-likeness (QED) is 0.765. The van der Waals surface area contributed by atoms with Crippen molar-refractivity contribution in [1.29, 1.82) is 0 Å². The van der Waals surface area contributed by atoms with Crippen LogP contribution in [0.3, 0.4) is 0 Å². The second-order valence-electron chi connectivity index (χ2n) is 3.99. The number of rotatable bonds is 2. The molecular weight excluding hydrogens is 186 g/mol. The highest BCUT2D eigenvalue weighted by Gasteiger charge is 2.12. The van der Waals surface area contributed by atoms with E-state index in [1.54, 1.807) is 0 Å². The molecule has 0 bridgehead atoms. The van der Waals surface area contributed by atoms with Gasteiger partial charge in [0.1, 0.15) is 0 Å². The first-order valence-electron chi connectivity index (χ1n) is 5.55. The third-order valence-electron chi connectivity index (χ3n) is 2.94. The van der Waals surface area contributed by atoms with Gasteiger partial charge in [0, 0.05) is 44.6 Å². The predicted molar refractivity (Wildman–Crippen MR) is 65.8 cm³/mol. The Morgan fingerprint density at radius 1 is 1.27 bits per heavy atom. The molecule has 0 aliphatic carbocycles. The van der Waals surface area contributed by atoms with Gasteiger partial charge < -0.3 is 15.5 Å². The van der Waals surface area contributed by atoms with E-state index in [1.807, 2.05) is 7.05 Å². The van der Waals surface area contributed by atoms with Gasteiger partial charge in [-0.3, -0.25) is 0 Å². The van der Waals surface area contributed by atoms with E-state index in [0.29, 0.717) is 0 Å². The molecular formula is C12H19N3. The molecule has 0 spiro atoms. The van der Waals surface area contributed by atoms with Crippen molar-refractivity contribution in [2.45, 2.75) is 6.92 Å². The molecule has 0 atom stereocenters. The Balaban J connectivity index is 2.19. The largest absolute Gasteiger partial charge is 0.388 e. The van der Waals surface area contributed by atoms with Gasteiger partial charge in [0.05, 0.1) is 0 Å². The van der Waals surface area contributed by atoms with Gasteiger partial charge in [0.2, 0.25) is 0 Å². The van der Waals surface area contributed by atoms with Gasteiger partial charge in [-0.05, 0) is 30.7 Å². The van der Waals surface area contributed by atoms with Crippen LogP contribution in [0.4, 0.5) is 11.4 Å². The van der Waals surface area contributed by atoms with Gasteiger partial charge in [-0.15, -0.1) is 0 Å². The first kappa shape index (κ1) is 10.3. The highest BCUT2D eigenvalue weighted by molar-refractivity contribution is 5.60. The molecule has 3 heteroatoms. The number of aryl methyl sites for hydroxylation is 1. The number of benzene rings is 1. The van der Waals surface area contributed by atoms with Crippen LogP contribution in [-0.4, -0.2) is 33.2 Å². The lowest BCUT2D eigenvalue weighted by atomic mass is 10.1. The fourth-order valence-electron chi connectivity index (χ4n) is 2.07. The van der Waals surface area contributed by atoms with Crippen LogP contribution in [0.25, 0.3) is 0 Å². The molecule has 0 saturated carbocycles. The zero-order valence-electron chi connectivity index (χ0n) is 9.51. The second-order valence-corrected chi connectivity index (χ2v) is 3.99. The Morgan fingerprint density at radius 3 is 2.60 bits per heavy atom. The fourth-order valence-corrected chi connectivity index (χ4v) is 2.07. The second kappa shape index (κ2) is 4.53. The van der Waals surface area contributed by atoms with Gasteiger partial charge in [-0.2, -0.15) is 0 Å². The Kier molecular flexibility index (Phi) is 3.11. The van der Waals surface area contributed by atoms with Crippen molar-refractivity contribution < 1.29 is 0 Å². The van der Waals surface area contributed by atoms with Crippen LogP contribution in [-0.2, 0) is 0 Å². The van der Waals surface area contributed by atoms with E-state index in [4.69, 9.17) is 0 Å². The Morgan fingerprint density at radius 2 is 2.00 bits per heavy atom. The molecule has 1 heterocycles. The monoisotopic (exact) mass is 205 g/mol. The number of nitrogens with zero attached hydrogens (tertiary/aromatic N) is 1. The van der Waals surface area contributed by atoms with Gasteiger partial charge in [0.15, 0.2) is 0 Å². The molecule has 2 rings (SSSR count). The number of hydrogen-bond acceptors (Lipinski definition) is 3. The summed E-state index contributed by atoms with van der Waals surface area (Å²) in [6.45, 7) is 6.58. The zero-order chi connectivity index (χ0) is 10.7. The first-order valence-corrected chi connectivity index (χ1v) is 5.55. The summed E-state index contributed by atoms with van der Waals surface area (Å²) in [6, 6.07) is 6.56. The van der Waals surface area contributed by atoms with E-state index in [9.17, 15) is 0 Å². The van der Waals surface area contributed by atoms with Crippen molar-refractivity contribution in [1.82, 2.24) is 5.32 Å². The lowest BCUT2D eigenvalue weighted by Gasteiger charge is -2.30. The van der Waals surface area contributed by atoms with Gasteiger partial charge in [-0.1, -0.05) is 0 Å². The van der Waals surface area contributed by atoms with Crippen LogP contribution in [0.5, 0.6) is 0 Å². The maximum Gasteiger partial charge on any atom is 0.0398 e. The van der Waals surface area contributed by atoms with Crippen molar-refractivity contribution in [3.05, 3.63) is 23.8 Å². The molecule has 15 heavy (non-hydrogen) atoms. The standard InChI is InChI=1S/C12H19N3/c1-10-9-11(13-2)3-4-12(10)15-7-5-14-6-8-15/h3-4,9,13-14H,5-8H2,1-2H3. The number of nitrogens with one attached hydrogen (secondary N) is 2. The molecule has 1 aromatic rings. The summed E-state index contributed by atoms with van der Waals surface area (Å²) in [5.41, 5.74) is 3.91. The van der Waals surface area contributed by atoms with E-state index < -0.39 is 0 Å². The third kappa shape index (κ3) is 2.23. The van der Waals surface area contributed by atoms with Crippen LogP contribution >= 0.6 is 0 Å². The van der Waals surface area contributed by atoms with E-state index >= 15 is 0 Å². The maximum atomic E-state index is 3.37. The van der Waals surface area contributed by atoms with Crippen molar-refractivity contribution >= 4 is 11.4 Å². The Hall–Kier alpha value is -1.22. The number of piperazine rings is 1. The Labute approximate surface area is 91.5 Å². The van der Waals surface area contributed by atoms with E-state index in [-0.39, 0.29) is 0 Å². The normalized spacial score (nSPS) is 16.5. The lowest BCUT2D eigenvalue weighted by Crippen LogP contribution is -2.43. The molecule has 3 nitrogen and oxygen atoms in total. The summed E-state index contributed by atoms with van der Waals surface area (Å²) in [4.78, 5) is 2.45. The number of anilines is 2. The molecule has 1 saturated heterocycles. The molecule has 1 fully saturated rings. The van der Waals surface area contributed by atoms with Crippen LogP contribution < -0.4 is 15.5 Å². The summed E-state index contributed by atoms with van der Waals surface area (Å²) >= 11 is 0. The molecule has 0 unspecified atom stereocenters. The average molecular weight is 205 g/mol. The van der Waals surface area contributed by atoms with Crippen LogP contribution in [0.1, 0.15) is 5.56 Å². The number of hydrogen-bond donors (Lipinski definition) is 2. The molecule has 0 radical (unpaired) electrons. The molecule has 2 N–H and O–H groups in total. The topological polar surface area (TPSA) is 27.3 Å². The highest BCUT2D eigenvalue weighted by Crippen LogP contribution is 2.23. The molecule has 0 amide bonds. The third-order valence-corrected chi connectivity index (χ3v) is 2.94.